The molecule has 8 nitrogen and oxygen atoms in total. The Balaban J connectivity index is 1.89. The van der Waals surface area contributed by atoms with Crippen LogP contribution in [0.25, 0.3) is 11.4 Å². The minimum atomic E-state index is -1.13. The first kappa shape index (κ1) is 19.9. The van der Waals surface area contributed by atoms with Crippen molar-refractivity contribution < 1.29 is 23.5 Å². The van der Waals surface area contributed by atoms with Crippen molar-refractivity contribution in [3.63, 3.8) is 0 Å². The van der Waals surface area contributed by atoms with E-state index in [1.807, 2.05) is 6.07 Å². The molecule has 1 aromatic carbocycles. The van der Waals surface area contributed by atoms with Gasteiger partial charge in [0.25, 0.3) is 11.7 Å². The Morgan fingerprint density at radius 1 is 1.10 bits per heavy atom. The molecule has 0 aliphatic rings. The highest BCUT2D eigenvalue weighted by Crippen LogP contribution is 2.22. The summed E-state index contributed by atoms with van der Waals surface area (Å²) in [6, 6.07) is 13.1. The fraction of sp³-hybridized carbons (Fsp3) is 0.190. The van der Waals surface area contributed by atoms with Gasteiger partial charge in [-0.3, -0.25) is 14.6 Å². The molecule has 8 heteroatoms. The molecule has 29 heavy (non-hydrogen) atoms. The van der Waals surface area contributed by atoms with Crippen LogP contribution in [0.2, 0.25) is 0 Å². The lowest BCUT2D eigenvalue weighted by Crippen LogP contribution is -2.45. The molecular weight excluding hydrogens is 374 g/mol. The Morgan fingerprint density at radius 3 is 2.48 bits per heavy atom. The van der Waals surface area contributed by atoms with Crippen LogP contribution in [0.15, 0.2) is 59.1 Å². The molecule has 0 aliphatic carbocycles. The second-order valence-corrected chi connectivity index (χ2v) is 6.20. The monoisotopic (exact) mass is 393 g/mol. The van der Waals surface area contributed by atoms with E-state index in [2.05, 4.69) is 20.0 Å². The number of hydrogen-bond acceptors (Lipinski definition) is 7. The van der Waals surface area contributed by atoms with E-state index in [4.69, 9.17) is 4.42 Å². The highest BCUT2D eigenvalue weighted by molar-refractivity contribution is 6.36. The zero-order chi connectivity index (χ0) is 20.8. The maximum atomic E-state index is 12.9. The summed E-state index contributed by atoms with van der Waals surface area (Å²) in [7, 11) is 1.11. The average molecular weight is 393 g/mol. The molecule has 0 aliphatic heterocycles. The molecule has 1 amide bonds. The van der Waals surface area contributed by atoms with Crippen molar-refractivity contribution >= 4 is 17.7 Å². The molecule has 0 saturated heterocycles. The SMILES string of the molecule is COC(=O)C(=O)C(Cc1ccccc1)NC(=O)c1oc(C)nc1-c1ccccn1. The lowest BCUT2D eigenvalue weighted by atomic mass is 10.0. The van der Waals surface area contributed by atoms with Crippen LogP contribution in [0.4, 0.5) is 0 Å². The van der Waals surface area contributed by atoms with Gasteiger partial charge in [0.1, 0.15) is 11.7 Å². The number of oxazole rings is 1. The quantitative estimate of drug-likeness (QED) is 0.483. The molecule has 0 bridgehead atoms. The minimum Gasteiger partial charge on any atom is -0.463 e. The third-order valence-electron chi connectivity index (χ3n) is 4.14. The minimum absolute atomic E-state index is 0.0862. The summed E-state index contributed by atoms with van der Waals surface area (Å²) in [5, 5.41) is 2.57. The molecule has 0 saturated carbocycles. The molecule has 1 unspecified atom stereocenters. The van der Waals surface area contributed by atoms with Crippen molar-refractivity contribution in [2.75, 3.05) is 7.11 Å². The van der Waals surface area contributed by atoms with E-state index < -0.39 is 23.7 Å². The highest BCUT2D eigenvalue weighted by Gasteiger charge is 2.31. The lowest BCUT2D eigenvalue weighted by Gasteiger charge is -2.16. The number of nitrogens with zero attached hydrogens (tertiary/aromatic N) is 2. The molecule has 1 atom stereocenters. The van der Waals surface area contributed by atoms with Crippen LogP contribution in [0, 0.1) is 6.92 Å². The van der Waals surface area contributed by atoms with E-state index in [1.165, 1.54) is 0 Å². The number of methoxy groups -OCH3 is 1. The number of pyridine rings is 1. The van der Waals surface area contributed by atoms with E-state index in [0.717, 1.165) is 12.7 Å². The summed E-state index contributed by atoms with van der Waals surface area (Å²) in [5.41, 5.74) is 1.48. The van der Waals surface area contributed by atoms with Crippen LogP contribution >= 0.6 is 0 Å². The number of aryl methyl sites for hydroxylation is 1. The van der Waals surface area contributed by atoms with Gasteiger partial charge < -0.3 is 14.5 Å². The first-order valence-electron chi connectivity index (χ1n) is 8.85. The maximum Gasteiger partial charge on any atom is 0.376 e. The molecule has 3 aromatic rings. The first-order chi connectivity index (χ1) is 14.0. The number of ether oxygens (including phenoxy) is 1. The van der Waals surface area contributed by atoms with Crippen molar-refractivity contribution in [1.29, 1.82) is 0 Å². The number of hydrogen-bond donors (Lipinski definition) is 1. The predicted molar refractivity (Wildman–Crippen MR) is 103 cm³/mol. The van der Waals surface area contributed by atoms with E-state index in [-0.39, 0.29) is 23.8 Å². The van der Waals surface area contributed by atoms with E-state index in [1.54, 1.807) is 55.6 Å². The number of ketones is 1. The van der Waals surface area contributed by atoms with E-state index >= 15 is 0 Å². The van der Waals surface area contributed by atoms with Gasteiger partial charge >= 0.3 is 5.97 Å². The molecule has 0 radical (unpaired) electrons. The van der Waals surface area contributed by atoms with Crippen LogP contribution in [0.5, 0.6) is 0 Å². The Bertz CT molecular complexity index is 1020. The summed E-state index contributed by atoms with van der Waals surface area (Å²) >= 11 is 0. The number of nitrogens with one attached hydrogen (secondary N) is 1. The summed E-state index contributed by atoms with van der Waals surface area (Å²) in [6.07, 6.45) is 1.69. The van der Waals surface area contributed by atoms with Crippen LogP contribution in [-0.4, -0.2) is 40.8 Å². The van der Waals surface area contributed by atoms with Crippen molar-refractivity contribution in [3.8, 4) is 11.4 Å². The standard InChI is InChI=1S/C21H19N3O5/c1-13-23-17(15-10-6-7-11-22-15)19(29-13)20(26)24-16(18(25)21(27)28-2)12-14-8-4-3-5-9-14/h3-11,16H,12H2,1-2H3,(H,24,26). The number of carbonyl (C=O) groups excluding carboxylic acids is 3. The van der Waals surface area contributed by atoms with E-state index in [0.29, 0.717) is 5.69 Å². The largest absolute Gasteiger partial charge is 0.463 e. The lowest BCUT2D eigenvalue weighted by molar-refractivity contribution is -0.152. The molecule has 2 heterocycles. The fourth-order valence-electron chi connectivity index (χ4n) is 2.78. The van der Waals surface area contributed by atoms with Crippen molar-refractivity contribution in [3.05, 3.63) is 71.9 Å². The fourth-order valence-corrected chi connectivity index (χ4v) is 2.78. The summed E-state index contributed by atoms with van der Waals surface area (Å²) in [4.78, 5) is 45.5. The van der Waals surface area contributed by atoms with Crippen LogP contribution in [-0.2, 0) is 20.7 Å². The van der Waals surface area contributed by atoms with Gasteiger partial charge in [0, 0.05) is 19.5 Å². The Labute approximate surface area is 166 Å². The maximum absolute atomic E-state index is 12.9. The second kappa shape index (κ2) is 8.92. The van der Waals surface area contributed by atoms with Gasteiger partial charge in [-0.25, -0.2) is 9.78 Å². The summed E-state index contributed by atoms with van der Waals surface area (Å²) < 4.78 is 9.99. The van der Waals surface area contributed by atoms with Crippen molar-refractivity contribution in [1.82, 2.24) is 15.3 Å². The van der Waals surface area contributed by atoms with Gasteiger partial charge in [-0.1, -0.05) is 36.4 Å². The van der Waals surface area contributed by atoms with Gasteiger partial charge in [0.15, 0.2) is 5.89 Å². The number of Topliss-reactive ketones (excluding diaryl/α,β-unsaturated/α-hetero) is 1. The van der Waals surface area contributed by atoms with Crippen LogP contribution in [0.1, 0.15) is 22.0 Å². The number of benzene rings is 1. The molecule has 3 rings (SSSR count). The number of esters is 1. The normalized spacial score (nSPS) is 11.5. The third-order valence-corrected chi connectivity index (χ3v) is 4.14. The van der Waals surface area contributed by atoms with Gasteiger partial charge in [0.2, 0.25) is 5.76 Å². The van der Waals surface area contributed by atoms with Gasteiger partial charge in [-0.2, -0.15) is 0 Å². The number of rotatable bonds is 7. The summed E-state index contributed by atoms with van der Waals surface area (Å²) in [6.45, 7) is 1.60. The average Bonchev–Trinajstić information content (AvgIpc) is 3.15. The smallest absolute Gasteiger partial charge is 0.376 e. The molecule has 1 N–H and O–H groups in total. The molecule has 0 fully saturated rings. The number of aromatic nitrogens is 2. The highest BCUT2D eigenvalue weighted by atomic mass is 16.5. The Hall–Kier alpha value is -3.81. The molecule has 148 valence electrons. The number of carbonyl (C=O) groups is 3. The topological polar surface area (TPSA) is 111 Å². The van der Waals surface area contributed by atoms with Crippen molar-refractivity contribution in [2.45, 2.75) is 19.4 Å². The first-order valence-corrected chi connectivity index (χ1v) is 8.85. The molecular formula is C21H19N3O5. The van der Waals surface area contributed by atoms with Crippen LogP contribution in [0.3, 0.4) is 0 Å². The van der Waals surface area contributed by atoms with Gasteiger partial charge in [-0.05, 0) is 17.7 Å². The third kappa shape index (κ3) is 4.73. The Kier molecular flexibility index (Phi) is 6.13. The number of amides is 1. The zero-order valence-electron chi connectivity index (χ0n) is 15.9. The van der Waals surface area contributed by atoms with Crippen LogP contribution < -0.4 is 5.32 Å². The summed E-state index contributed by atoms with van der Waals surface area (Å²) in [5.74, 6) is -2.39. The van der Waals surface area contributed by atoms with E-state index in [9.17, 15) is 14.4 Å². The predicted octanol–water partition coefficient (Wildman–Crippen LogP) is 2.13. The second-order valence-electron chi connectivity index (χ2n) is 6.20. The zero-order valence-corrected chi connectivity index (χ0v) is 15.9. The Morgan fingerprint density at radius 2 is 1.83 bits per heavy atom. The molecule has 2 aromatic heterocycles. The van der Waals surface area contributed by atoms with Crippen molar-refractivity contribution in [2.24, 2.45) is 0 Å². The van der Waals surface area contributed by atoms with Gasteiger partial charge in [0.05, 0.1) is 12.8 Å². The van der Waals surface area contributed by atoms with Gasteiger partial charge in [-0.15, -0.1) is 0 Å². The molecule has 0 spiro atoms.